The molecule has 3 nitrogen and oxygen atoms in total. The maximum Gasteiger partial charge on any atom is 0.130 e. The molecule has 2 rings (SSSR count). The van der Waals surface area contributed by atoms with Gasteiger partial charge in [0.15, 0.2) is 0 Å². The highest BCUT2D eigenvalue weighted by molar-refractivity contribution is 9.10. The fraction of sp³-hybridized carbons (Fsp3) is 0.0769. The molecule has 0 aliphatic carbocycles. The van der Waals surface area contributed by atoms with E-state index >= 15 is 0 Å². The summed E-state index contributed by atoms with van der Waals surface area (Å²) in [7, 11) is 0. The second-order valence-electron chi connectivity index (χ2n) is 3.40. The van der Waals surface area contributed by atoms with Crippen molar-refractivity contribution >= 4 is 15.9 Å². The van der Waals surface area contributed by atoms with Gasteiger partial charge in [-0.25, -0.2) is 0 Å². The van der Waals surface area contributed by atoms with Crippen LogP contribution < -0.4 is 4.74 Å². The average Bonchev–Trinajstić information content (AvgIpc) is 2.38. The molecule has 0 aliphatic heterocycles. The molecule has 0 bridgehead atoms. The molecule has 17 heavy (non-hydrogen) atoms. The molecule has 0 unspecified atom stereocenters. The van der Waals surface area contributed by atoms with Crippen LogP contribution in [0.5, 0.6) is 5.75 Å². The lowest BCUT2D eigenvalue weighted by atomic mass is 10.2. The van der Waals surface area contributed by atoms with Gasteiger partial charge in [-0.2, -0.15) is 5.26 Å². The summed E-state index contributed by atoms with van der Waals surface area (Å²) in [6, 6.07) is 12.9. The number of nitriles is 1. The van der Waals surface area contributed by atoms with Gasteiger partial charge in [0.05, 0.1) is 17.3 Å². The molecule has 0 N–H and O–H groups in total. The van der Waals surface area contributed by atoms with Gasteiger partial charge in [-0.05, 0) is 46.3 Å². The molecule has 2 aromatic rings. The molecule has 0 atom stereocenters. The molecule has 0 saturated carbocycles. The summed E-state index contributed by atoms with van der Waals surface area (Å²) < 4.78 is 6.48. The van der Waals surface area contributed by atoms with Crippen LogP contribution in [0.25, 0.3) is 0 Å². The zero-order valence-corrected chi connectivity index (χ0v) is 10.5. The van der Waals surface area contributed by atoms with Gasteiger partial charge < -0.3 is 4.74 Å². The third-order valence-electron chi connectivity index (χ3n) is 2.14. The van der Waals surface area contributed by atoms with Crippen molar-refractivity contribution in [2.24, 2.45) is 0 Å². The molecule has 0 aliphatic rings. The number of pyridine rings is 1. The van der Waals surface area contributed by atoms with Crippen LogP contribution in [0.2, 0.25) is 0 Å². The molecule has 0 saturated heterocycles. The Morgan fingerprint density at radius 2 is 2.18 bits per heavy atom. The Labute approximate surface area is 108 Å². The second kappa shape index (κ2) is 5.46. The van der Waals surface area contributed by atoms with Crippen LogP contribution in [0, 0.1) is 11.3 Å². The Hall–Kier alpha value is -1.86. The Bertz CT molecular complexity index is 546. The van der Waals surface area contributed by atoms with Gasteiger partial charge in [0.2, 0.25) is 0 Å². The molecule has 1 aromatic carbocycles. The normalized spacial score (nSPS) is 9.65. The largest absolute Gasteiger partial charge is 0.487 e. The molecule has 1 aromatic heterocycles. The molecular weight excluding hydrogens is 280 g/mol. The van der Waals surface area contributed by atoms with Crippen LogP contribution in [0.4, 0.5) is 0 Å². The molecule has 4 heteroatoms. The Morgan fingerprint density at radius 1 is 1.29 bits per heavy atom. The lowest BCUT2D eigenvalue weighted by molar-refractivity contribution is 0.301. The number of nitrogens with zero attached hydrogens (tertiary/aromatic N) is 2. The van der Waals surface area contributed by atoms with Gasteiger partial charge in [0.1, 0.15) is 12.4 Å². The van der Waals surface area contributed by atoms with Crippen LogP contribution in [-0.4, -0.2) is 4.98 Å². The number of hydrogen-bond donors (Lipinski definition) is 0. The number of rotatable bonds is 3. The highest BCUT2D eigenvalue weighted by Crippen LogP contribution is 2.14. The summed E-state index contributed by atoms with van der Waals surface area (Å²) in [6.07, 6.45) is 1.73. The molecular formula is C13H9BrN2O. The summed E-state index contributed by atoms with van der Waals surface area (Å²) in [6.45, 7) is 0.391. The average molecular weight is 289 g/mol. The molecule has 0 amide bonds. The van der Waals surface area contributed by atoms with Crippen molar-refractivity contribution in [2.75, 3.05) is 0 Å². The first-order valence-electron chi connectivity index (χ1n) is 5.01. The van der Waals surface area contributed by atoms with E-state index in [2.05, 4.69) is 27.0 Å². The fourth-order valence-corrected chi connectivity index (χ4v) is 1.54. The van der Waals surface area contributed by atoms with Crippen molar-refractivity contribution < 1.29 is 4.74 Å². The van der Waals surface area contributed by atoms with Crippen molar-refractivity contribution in [3.63, 3.8) is 0 Å². The van der Waals surface area contributed by atoms with E-state index < -0.39 is 0 Å². The molecule has 0 radical (unpaired) electrons. The van der Waals surface area contributed by atoms with Gasteiger partial charge in [-0.15, -0.1) is 0 Å². The zero-order valence-electron chi connectivity index (χ0n) is 8.93. The number of hydrogen-bond acceptors (Lipinski definition) is 3. The molecule has 0 fully saturated rings. The van der Waals surface area contributed by atoms with Crippen LogP contribution in [0.15, 0.2) is 47.1 Å². The van der Waals surface area contributed by atoms with Crippen molar-refractivity contribution in [2.45, 2.75) is 6.61 Å². The van der Waals surface area contributed by atoms with Crippen LogP contribution in [0.1, 0.15) is 11.3 Å². The Balaban J connectivity index is 2.02. The van der Waals surface area contributed by atoms with Crippen molar-refractivity contribution in [1.82, 2.24) is 4.98 Å². The molecule has 0 spiro atoms. The third-order valence-corrected chi connectivity index (χ3v) is 2.61. The van der Waals surface area contributed by atoms with Crippen molar-refractivity contribution in [3.8, 4) is 11.8 Å². The minimum absolute atomic E-state index is 0.391. The standard InChI is InChI=1S/C13H9BrN2O/c14-11-4-5-12(16-8-11)9-17-13-3-1-2-10(6-13)7-15/h1-6,8H,9H2. The monoisotopic (exact) mass is 288 g/mol. The smallest absolute Gasteiger partial charge is 0.130 e. The van der Waals surface area contributed by atoms with Crippen LogP contribution in [-0.2, 0) is 6.61 Å². The molecule has 84 valence electrons. The van der Waals surface area contributed by atoms with E-state index in [0.29, 0.717) is 17.9 Å². The van der Waals surface area contributed by atoms with Crippen molar-refractivity contribution in [3.05, 3.63) is 58.3 Å². The van der Waals surface area contributed by atoms with Crippen LogP contribution in [0.3, 0.4) is 0 Å². The molecule has 1 heterocycles. The first-order valence-corrected chi connectivity index (χ1v) is 5.80. The minimum atomic E-state index is 0.391. The summed E-state index contributed by atoms with van der Waals surface area (Å²) in [5.41, 5.74) is 1.43. The Kier molecular flexibility index (Phi) is 3.73. The number of aromatic nitrogens is 1. The fourth-order valence-electron chi connectivity index (χ4n) is 1.30. The highest BCUT2D eigenvalue weighted by Gasteiger charge is 1.98. The lowest BCUT2D eigenvalue weighted by Gasteiger charge is -2.05. The van der Waals surface area contributed by atoms with Gasteiger partial charge in [-0.1, -0.05) is 6.07 Å². The maximum atomic E-state index is 8.75. The Morgan fingerprint density at radius 3 is 2.88 bits per heavy atom. The first-order chi connectivity index (χ1) is 8.28. The number of halogens is 1. The maximum absolute atomic E-state index is 8.75. The van der Waals surface area contributed by atoms with Gasteiger partial charge in [0, 0.05) is 10.7 Å². The SMILES string of the molecule is N#Cc1cccc(OCc2ccc(Br)cn2)c1. The second-order valence-corrected chi connectivity index (χ2v) is 4.31. The summed E-state index contributed by atoms with van der Waals surface area (Å²) in [5.74, 6) is 0.675. The number of ether oxygens (including phenoxy) is 1. The number of benzene rings is 1. The predicted molar refractivity (Wildman–Crippen MR) is 67.4 cm³/mol. The van der Waals surface area contributed by atoms with Crippen LogP contribution >= 0.6 is 15.9 Å². The lowest BCUT2D eigenvalue weighted by Crippen LogP contribution is -1.97. The van der Waals surface area contributed by atoms with E-state index in [9.17, 15) is 0 Å². The topological polar surface area (TPSA) is 45.9 Å². The predicted octanol–water partition coefficient (Wildman–Crippen LogP) is 3.29. The highest BCUT2D eigenvalue weighted by atomic mass is 79.9. The quantitative estimate of drug-likeness (QED) is 0.871. The van der Waals surface area contributed by atoms with Gasteiger partial charge in [0.25, 0.3) is 0 Å². The van der Waals surface area contributed by atoms with E-state index in [1.165, 1.54) is 0 Å². The third kappa shape index (κ3) is 3.30. The zero-order chi connectivity index (χ0) is 12.1. The van der Waals surface area contributed by atoms with E-state index in [1.807, 2.05) is 18.2 Å². The van der Waals surface area contributed by atoms with E-state index in [1.54, 1.807) is 24.4 Å². The van der Waals surface area contributed by atoms with E-state index in [-0.39, 0.29) is 0 Å². The minimum Gasteiger partial charge on any atom is -0.487 e. The first kappa shape index (κ1) is 11.6. The van der Waals surface area contributed by atoms with Crippen molar-refractivity contribution in [1.29, 1.82) is 5.26 Å². The van der Waals surface area contributed by atoms with Gasteiger partial charge in [-0.3, -0.25) is 4.98 Å². The summed E-state index contributed by atoms with van der Waals surface area (Å²) in [5, 5.41) is 8.75. The van der Waals surface area contributed by atoms with E-state index in [4.69, 9.17) is 10.00 Å². The summed E-state index contributed by atoms with van der Waals surface area (Å²) >= 11 is 3.32. The summed E-state index contributed by atoms with van der Waals surface area (Å²) in [4.78, 5) is 4.20. The van der Waals surface area contributed by atoms with E-state index in [0.717, 1.165) is 10.2 Å². The van der Waals surface area contributed by atoms with Gasteiger partial charge >= 0.3 is 0 Å².